The van der Waals surface area contributed by atoms with Crippen molar-refractivity contribution in [1.82, 2.24) is 4.90 Å². The Bertz CT molecular complexity index is 391. The van der Waals surface area contributed by atoms with Gasteiger partial charge in [-0.2, -0.15) is 13.2 Å². The number of halogens is 3. The zero-order chi connectivity index (χ0) is 14.3. The van der Waals surface area contributed by atoms with E-state index in [1.807, 2.05) is 0 Å². The van der Waals surface area contributed by atoms with E-state index >= 15 is 0 Å². The lowest BCUT2D eigenvalue weighted by molar-refractivity contribution is -0.232. The second kappa shape index (κ2) is 4.64. The van der Waals surface area contributed by atoms with Gasteiger partial charge in [0.05, 0.1) is 13.2 Å². The van der Waals surface area contributed by atoms with Crippen molar-refractivity contribution in [3.8, 4) is 0 Å². The van der Waals surface area contributed by atoms with E-state index in [4.69, 9.17) is 14.6 Å². The minimum absolute atomic E-state index is 0.0915. The summed E-state index contributed by atoms with van der Waals surface area (Å²) in [5, 5.41) is 9.09. The highest BCUT2D eigenvalue weighted by Crippen LogP contribution is 2.37. The summed E-state index contributed by atoms with van der Waals surface area (Å²) >= 11 is 0. The predicted molar refractivity (Wildman–Crippen MR) is 53.0 cm³/mol. The minimum atomic E-state index is -5.01. The fraction of sp³-hybridized carbons (Fsp3) is 0.800. The molecule has 0 aromatic rings. The van der Waals surface area contributed by atoms with E-state index in [1.165, 1.54) is 0 Å². The second-order valence-corrected chi connectivity index (χ2v) is 4.40. The Kier molecular flexibility index (Phi) is 3.43. The van der Waals surface area contributed by atoms with Crippen LogP contribution >= 0.6 is 0 Å². The Morgan fingerprint density at radius 1 is 1.26 bits per heavy atom. The van der Waals surface area contributed by atoms with Crippen molar-refractivity contribution in [2.24, 2.45) is 5.92 Å². The molecule has 0 saturated carbocycles. The highest BCUT2D eigenvalue weighted by atomic mass is 19.4. The molecule has 108 valence electrons. The number of alkyl halides is 3. The summed E-state index contributed by atoms with van der Waals surface area (Å²) < 4.78 is 47.5. The first-order valence-corrected chi connectivity index (χ1v) is 5.63. The molecule has 1 atom stereocenters. The van der Waals surface area contributed by atoms with Crippen LogP contribution in [-0.2, 0) is 19.1 Å². The SMILES string of the molecule is O=C(O)C1CN(C(=O)C(F)(F)F)CCC12OCCO2. The number of carboxylic acids is 1. The van der Waals surface area contributed by atoms with E-state index < -0.39 is 36.3 Å². The number of aliphatic carboxylic acids is 1. The van der Waals surface area contributed by atoms with E-state index in [2.05, 4.69) is 0 Å². The molecule has 2 saturated heterocycles. The molecule has 1 unspecified atom stereocenters. The Morgan fingerprint density at radius 2 is 1.84 bits per heavy atom. The van der Waals surface area contributed by atoms with Crippen molar-refractivity contribution in [2.45, 2.75) is 18.4 Å². The largest absolute Gasteiger partial charge is 0.481 e. The summed E-state index contributed by atoms with van der Waals surface area (Å²) in [6.45, 7) is -0.441. The summed E-state index contributed by atoms with van der Waals surface area (Å²) in [5.74, 6) is -6.11. The number of nitrogens with zero attached hydrogens (tertiary/aromatic N) is 1. The molecule has 2 aliphatic rings. The van der Waals surface area contributed by atoms with Crippen molar-refractivity contribution in [3.63, 3.8) is 0 Å². The summed E-state index contributed by atoms with van der Waals surface area (Å²) in [5.41, 5.74) is 0. The van der Waals surface area contributed by atoms with Crippen molar-refractivity contribution in [3.05, 3.63) is 0 Å². The van der Waals surface area contributed by atoms with Crippen molar-refractivity contribution in [2.75, 3.05) is 26.3 Å². The number of piperidine rings is 1. The fourth-order valence-corrected chi connectivity index (χ4v) is 2.36. The van der Waals surface area contributed by atoms with Crippen LogP contribution in [-0.4, -0.2) is 60.1 Å². The van der Waals surface area contributed by atoms with Crippen LogP contribution in [0.3, 0.4) is 0 Å². The van der Waals surface area contributed by atoms with Gasteiger partial charge in [-0.05, 0) is 0 Å². The molecule has 9 heteroatoms. The first-order valence-electron chi connectivity index (χ1n) is 5.63. The van der Waals surface area contributed by atoms with Gasteiger partial charge < -0.3 is 19.5 Å². The lowest BCUT2D eigenvalue weighted by Crippen LogP contribution is -2.58. The number of hydrogen-bond acceptors (Lipinski definition) is 4. The van der Waals surface area contributed by atoms with Crippen LogP contribution in [0.1, 0.15) is 6.42 Å². The van der Waals surface area contributed by atoms with E-state index in [0.29, 0.717) is 4.90 Å². The van der Waals surface area contributed by atoms with E-state index in [9.17, 15) is 22.8 Å². The van der Waals surface area contributed by atoms with E-state index in [1.54, 1.807) is 0 Å². The number of hydrogen-bond donors (Lipinski definition) is 1. The third-order valence-corrected chi connectivity index (χ3v) is 3.27. The summed E-state index contributed by atoms with van der Waals surface area (Å²) in [6.07, 6.45) is -5.10. The quantitative estimate of drug-likeness (QED) is 0.745. The molecule has 0 aromatic heterocycles. The lowest BCUT2D eigenvalue weighted by atomic mass is 9.90. The van der Waals surface area contributed by atoms with Crippen molar-refractivity contribution < 1.29 is 37.3 Å². The van der Waals surface area contributed by atoms with E-state index in [0.717, 1.165) is 0 Å². The van der Waals surface area contributed by atoms with Gasteiger partial charge in [0, 0.05) is 19.5 Å². The molecule has 2 rings (SSSR count). The molecule has 1 spiro atoms. The number of amides is 1. The minimum Gasteiger partial charge on any atom is -0.481 e. The first-order chi connectivity index (χ1) is 8.76. The molecule has 6 nitrogen and oxygen atoms in total. The maximum Gasteiger partial charge on any atom is 0.471 e. The normalized spacial score (nSPS) is 26.7. The molecule has 19 heavy (non-hydrogen) atoms. The number of likely N-dealkylation sites (tertiary alicyclic amines) is 1. The highest BCUT2D eigenvalue weighted by molar-refractivity contribution is 5.83. The maximum atomic E-state index is 12.3. The predicted octanol–water partition coefficient (Wildman–Crippen LogP) is 0.225. The van der Waals surface area contributed by atoms with Gasteiger partial charge in [-0.1, -0.05) is 0 Å². The van der Waals surface area contributed by atoms with Gasteiger partial charge in [-0.15, -0.1) is 0 Å². The smallest absolute Gasteiger partial charge is 0.471 e. The van der Waals surface area contributed by atoms with Crippen molar-refractivity contribution >= 4 is 11.9 Å². The fourth-order valence-electron chi connectivity index (χ4n) is 2.36. The maximum absolute atomic E-state index is 12.3. The molecular weight excluding hydrogens is 271 g/mol. The van der Waals surface area contributed by atoms with Crippen LogP contribution in [0, 0.1) is 5.92 Å². The van der Waals surface area contributed by atoms with Crippen LogP contribution in [0.15, 0.2) is 0 Å². The van der Waals surface area contributed by atoms with Crippen LogP contribution < -0.4 is 0 Å². The standard InChI is InChI=1S/C10H12F3NO5/c11-10(12,13)8(17)14-2-1-9(18-3-4-19-9)6(5-14)7(15)16/h6H,1-5H2,(H,15,16). The van der Waals surface area contributed by atoms with Gasteiger partial charge >= 0.3 is 18.1 Å². The zero-order valence-corrected chi connectivity index (χ0v) is 9.77. The average molecular weight is 283 g/mol. The third-order valence-electron chi connectivity index (χ3n) is 3.27. The van der Waals surface area contributed by atoms with Gasteiger partial charge in [0.1, 0.15) is 5.92 Å². The van der Waals surface area contributed by atoms with Crippen LogP contribution in [0.4, 0.5) is 13.2 Å². The zero-order valence-electron chi connectivity index (χ0n) is 9.77. The van der Waals surface area contributed by atoms with Gasteiger partial charge in [0.25, 0.3) is 0 Å². The molecule has 0 aromatic carbocycles. The molecule has 2 aliphatic heterocycles. The molecule has 1 N–H and O–H groups in total. The Balaban J connectivity index is 2.16. The molecule has 0 bridgehead atoms. The molecular formula is C10H12F3NO5. The molecule has 2 heterocycles. The lowest BCUT2D eigenvalue weighted by Gasteiger charge is -2.41. The Labute approximate surface area is 106 Å². The van der Waals surface area contributed by atoms with Crippen LogP contribution in [0.5, 0.6) is 0 Å². The number of carboxylic acid groups (broad SMARTS) is 1. The van der Waals surface area contributed by atoms with Crippen molar-refractivity contribution in [1.29, 1.82) is 0 Å². The van der Waals surface area contributed by atoms with Gasteiger partial charge in [0.15, 0.2) is 5.79 Å². The van der Waals surface area contributed by atoms with E-state index in [-0.39, 0.29) is 26.2 Å². The van der Waals surface area contributed by atoms with Crippen LogP contribution in [0.2, 0.25) is 0 Å². The third kappa shape index (κ3) is 2.52. The molecule has 2 fully saturated rings. The van der Waals surface area contributed by atoms with Gasteiger partial charge in [-0.3, -0.25) is 9.59 Å². The average Bonchev–Trinajstić information content (AvgIpc) is 2.76. The van der Waals surface area contributed by atoms with Gasteiger partial charge in [-0.25, -0.2) is 0 Å². The Morgan fingerprint density at radius 3 is 2.32 bits per heavy atom. The molecule has 0 radical (unpaired) electrons. The monoisotopic (exact) mass is 283 g/mol. The first kappa shape index (κ1) is 14.1. The number of rotatable bonds is 1. The number of carbonyl (C=O) groups is 2. The van der Waals surface area contributed by atoms with Crippen LogP contribution in [0.25, 0.3) is 0 Å². The second-order valence-electron chi connectivity index (χ2n) is 4.40. The number of carbonyl (C=O) groups excluding carboxylic acids is 1. The topological polar surface area (TPSA) is 76.1 Å². The number of ether oxygens (including phenoxy) is 2. The summed E-state index contributed by atoms with van der Waals surface area (Å²) in [7, 11) is 0. The molecule has 1 amide bonds. The summed E-state index contributed by atoms with van der Waals surface area (Å²) in [4.78, 5) is 22.8. The highest BCUT2D eigenvalue weighted by Gasteiger charge is 2.54. The van der Waals surface area contributed by atoms with Gasteiger partial charge in [0.2, 0.25) is 0 Å². The molecule has 0 aliphatic carbocycles. The Hall–Kier alpha value is -1.35. The summed E-state index contributed by atoms with van der Waals surface area (Å²) in [6, 6.07) is 0.